The molecule has 0 radical (unpaired) electrons. The highest BCUT2D eigenvalue weighted by molar-refractivity contribution is 6.76. The van der Waals surface area contributed by atoms with E-state index in [0.717, 1.165) is 12.5 Å². The van der Waals surface area contributed by atoms with Crippen molar-refractivity contribution in [3.05, 3.63) is 12.3 Å². The van der Waals surface area contributed by atoms with Gasteiger partial charge in [-0.1, -0.05) is 19.5 Å². The molecule has 0 aliphatic heterocycles. The molecule has 0 fully saturated rings. The van der Waals surface area contributed by atoms with Gasteiger partial charge < -0.3 is 4.43 Å². The van der Waals surface area contributed by atoms with Crippen LogP contribution >= 0.6 is 0 Å². The van der Waals surface area contributed by atoms with Gasteiger partial charge in [0.15, 0.2) is 0 Å². The molecule has 0 atom stereocenters. The van der Waals surface area contributed by atoms with Crippen molar-refractivity contribution in [3.63, 3.8) is 0 Å². The average Bonchev–Trinajstić information content (AvgIpc) is 1.98. The molecule has 0 aliphatic carbocycles. The molecule has 72 valence electrons. The molecule has 0 saturated heterocycles. The van der Waals surface area contributed by atoms with Crippen LogP contribution in [0, 0.1) is 5.92 Å². The summed E-state index contributed by atoms with van der Waals surface area (Å²) in [6, 6.07) is 0. The maximum absolute atomic E-state index is 5.75. The molecule has 0 aliphatic rings. The minimum absolute atomic E-state index is 0.794. The van der Waals surface area contributed by atoms with Crippen LogP contribution in [-0.2, 0) is 4.43 Å². The zero-order valence-electron chi connectivity index (χ0n) is 8.89. The summed E-state index contributed by atoms with van der Waals surface area (Å²) in [5.74, 6) is 0.794. The highest BCUT2D eigenvalue weighted by Gasteiger charge is 2.16. The van der Waals surface area contributed by atoms with Gasteiger partial charge in [-0.2, -0.15) is 0 Å². The molecule has 0 spiro atoms. The largest absolute Gasteiger partial charge is 0.414 e. The Morgan fingerprint density at radius 1 is 1.42 bits per heavy atom. The van der Waals surface area contributed by atoms with E-state index in [1.165, 1.54) is 12.8 Å². The summed E-state index contributed by atoms with van der Waals surface area (Å²) in [5.41, 5.74) is 1.99. The fraction of sp³-hybridized carbons (Fsp3) is 0.800. The van der Waals surface area contributed by atoms with Crippen LogP contribution in [0.3, 0.4) is 0 Å². The summed E-state index contributed by atoms with van der Waals surface area (Å²) in [6.45, 7) is 13.5. The van der Waals surface area contributed by atoms with Crippen molar-refractivity contribution in [2.45, 2.75) is 39.8 Å². The van der Waals surface area contributed by atoms with Crippen LogP contribution in [0.5, 0.6) is 0 Å². The lowest BCUT2D eigenvalue weighted by Crippen LogP contribution is -2.28. The van der Waals surface area contributed by atoms with Crippen molar-refractivity contribution < 1.29 is 4.43 Å². The first kappa shape index (κ1) is 11.9. The Hall–Kier alpha value is -0.0831. The maximum Gasteiger partial charge on any atom is 0.210 e. The predicted molar refractivity (Wildman–Crippen MR) is 57.7 cm³/mol. The monoisotopic (exact) mass is 186 g/mol. The van der Waals surface area contributed by atoms with Gasteiger partial charge in [-0.15, -0.1) is 6.58 Å². The van der Waals surface area contributed by atoms with Crippen molar-refractivity contribution in [2.24, 2.45) is 5.92 Å². The highest BCUT2D eigenvalue weighted by atomic mass is 28.4. The minimum atomic E-state index is -1.49. The van der Waals surface area contributed by atoms with Gasteiger partial charge in [0.05, 0.1) is 0 Å². The molecule has 0 heterocycles. The molecular weight excluding hydrogens is 164 g/mol. The van der Waals surface area contributed by atoms with Gasteiger partial charge in [-0.05, 0) is 31.9 Å². The molecular formula is C10H22OSi. The van der Waals surface area contributed by atoms with Crippen LogP contribution in [0.4, 0.5) is 0 Å². The van der Waals surface area contributed by atoms with E-state index in [4.69, 9.17) is 4.43 Å². The van der Waals surface area contributed by atoms with Gasteiger partial charge >= 0.3 is 0 Å². The summed E-state index contributed by atoms with van der Waals surface area (Å²) in [6.07, 6.45) is 2.45. The van der Waals surface area contributed by atoms with Crippen LogP contribution in [-0.4, -0.2) is 14.9 Å². The molecule has 0 rings (SSSR count). The Kier molecular flexibility index (Phi) is 5.50. The van der Waals surface area contributed by atoms with Gasteiger partial charge in [0.25, 0.3) is 0 Å². The Labute approximate surface area is 78.0 Å². The smallest absolute Gasteiger partial charge is 0.210 e. The van der Waals surface area contributed by atoms with E-state index in [0.29, 0.717) is 0 Å². The molecule has 0 aromatic heterocycles. The number of hydrogen-bond acceptors (Lipinski definition) is 1. The number of hydrogen-bond donors (Lipinski definition) is 0. The van der Waals surface area contributed by atoms with Crippen LogP contribution in [0.15, 0.2) is 12.3 Å². The van der Waals surface area contributed by atoms with Crippen molar-refractivity contribution in [1.29, 1.82) is 0 Å². The molecule has 0 bridgehead atoms. The van der Waals surface area contributed by atoms with Gasteiger partial charge in [0.2, 0.25) is 8.32 Å². The van der Waals surface area contributed by atoms with Crippen molar-refractivity contribution in [1.82, 2.24) is 0 Å². The normalized spacial score (nSPS) is 12.1. The summed E-state index contributed by atoms with van der Waals surface area (Å²) < 4.78 is 5.75. The maximum atomic E-state index is 5.75. The lowest BCUT2D eigenvalue weighted by molar-refractivity contribution is 0.295. The topological polar surface area (TPSA) is 9.23 Å². The second-order valence-corrected chi connectivity index (χ2v) is 8.10. The van der Waals surface area contributed by atoms with Gasteiger partial charge in [-0.3, -0.25) is 0 Å². The van der Waals surface area contributed by atoms with Crippen LogP contribution in [0.1, 0.15) is 26.7 Å². The zero-order chi connectivity index (χ0) is 9.61. The van der Waals surface area contributed by atoms with Crippen molar-refractivity contribution in [3.8, 4) is 0 Å². The highest BCUT2D eigenvalue weighted by Crippen LogP contribution is 2.08. The molecule has 1 nitrogen and oxygen atoms in total. The Balaban J connectivity index is 3.37. The van der Waals surface area contributed by atoms with E-state index in [9.17, 15) is 0 Å². The zero-order valence-corrected chi connectivity index (χ0v) is 9.89. The Morgan fingerprint density at radius 2 is 2.00 bits per heavy atom. The second kappa shape index (κ2) is 5.54. The second-order valence-electron chi connectivity index (χ2n) is 4.19. The predicted octanol–water partition coefficient (Wildman–Crippen LogP) is 3.37. The van der Waals surface area contributed by atoms with Crippen molar-refractivity contribution in [2.75, 3.05) is 6.61 Å². The summed E-state index contributed by atoms with van der Waals surface area (Å²) in [4.78, 5) is 0. The Bertz CT molecular complexity index is 130. The van der Waals surface area contributed by atoms with Crippen molar-refractivity contribution >= 4 is 8.32 Å². The first-order chi connectivity index (χ1) is 5.48. The third kappa shape index (κ3) is 6.62. The average molecular weight is 186 g/mol. The van der Waals surface area contributed by atoms with E-state index < -0.39 is 8.32 Å². The van der Waals surface area contributed by atoms with E-state index in [1.807, 2.05) is 5.70 Å². The summed E-state index contributed by atoms with van der Waals surface area (Å²) in [7, 11) is -1.49. The molecule has 12 heavy (non-hydrogen) atoms. The van der Waals surface area contributed by atoms with Gasteiger partial charge in [-0.25, -0.2) is 0 Å². The van der Waals surface area contributed by atoms with Gasteiger partial charge in [0.1, 0.15) is 0 Å². The first-order valence-electron chi connectivity index (χ1n) is 4.75. The van der Waals surface area contributed by atoms with Gasteiger partial charge in [0, 0.05) is 6.61 Å². The lowest BCUT2D eigenvalue weighted by Gasteiger charge is -2.18. The lowest BCUT2D eigenvalue weighted by atomic mass is 10.1. The molecule has 0 saturated carbocycles. The molecule has 0 N–H and O–H groups in total. The fourth-order valence-electron chi connectivity index (χ4n) is 0.886. The van der Waals surface area contributed by atoms with E-state index in [2.05, 4.69) is 33.5 Å². The van der Waals surface area contributed by atoms with E-state index in [-0.39, 0.29) is 0 Å². The minimum Gasteiger partial charge on any atom is -0.414 e. The number of rotatable bonds is 6. The molecule has 2 heteroatoms. The molecule has 0 aromatic carbocycles. The van der Waals surface area contributed by atoms with Crippen LogP contribution in [0.2, 0.25) is 13.1 Å². The first-order valence-corrected chi connectivity index (χ1v) is 7.74. The van der Waals surface area contributed by atoms with Crippen LogP contribution in [0.25, 0.3) is 0 Å². The summed E-state index contributed by atoms with van der Waals surface area (Å²) >= 11 is 0. The standard InChI is InChI=1S/C10H22OSi/c1-6-12(4,5)11-9-7-8-10(2)3/h6,10H,1,7-9H2,2-5H3. The molecule has 0 aromatic rings. The molecule has 0 amide bonds. The quantitative estimate of drug-likeness (QED) is 0.456. The van der Waals surface area contributed by atoms with E-state index in [1.54, 1.807) is 0 Å². The Morgan fingerprint density at radius 3 is 2.42 bits per heavy atom. The SMILES string of the molecule is C=C[Si](C)(C)OCCCC(C)C. The van der Waals surface area contributed by atoms with Crippen LogP contribution < -0.4 is 0 Å². The third-order valence-electron chi connectivity index (χ3n) is 1.89. The van der Waals surface area contributed by atoms with E-state index >= 15 is 0 Å². The third-order valence-corrected chi connectivity index (χ3v) is 3.82. The fourth-order valence-corrected chi connectivity index (χ4v) is 1.67. The summed E-state index contributed by atoms with van der Waals surface area (Å²) in [5, 5.41) is 0. The molecule has 0 unspecified atom stereocenters.